The van der Waals surface area contributed by atoms with Gasteiger partial charge < -0.3 is 5.11 Å². The van der Waals surface area contributed by atoms with Crippen LogP contribution in [0, 0.1) is 11.6 Å². The van der Waals surface area contributed by atoms with E-state index in [1.807, 2.05) is 0 Å². The Morgan fingerprint density at radius 1 is 1.27 bits per heavy atom. The fourth-order valence-electron chi connectivity index (χ4n) is 0.695. The molecule has 0 aromatic heterocycles. The molecular formula is C7H5ClF2O. The Balaban J connectivity index is 3.21. The summed E-state index contributed by atoms with van der Waals surface area (Å²) in [5.74, 6) is -2.91. The summed E-state index contributed by atoms with van der Waals surface area (Å²) < 4.78 is 25.0. The van der Waals surface area contributed by atoms with Gasteiger partial charge >= 0.3 is 0 Å². The van der Waals surface area contributed by atoms with E-state index in [-0.39, 0.29) is 5.88 Å². The van der Waals surface area contributed by atoms with Crippen LogP contribution in [0.25, 0.3) is 0 Å². The van der Waals surface area contributed by atoms with E-state index in [2.05, 4.69) is 0 Å². The fraction of sp³-hybridized carbons (Fsp3) is 0.143. The first kappa shape index (κ1) is 8.27. The maximum atomic E-state index is 12.5. The van der Waals surface area contributed by atoms with Crippen molar-refractivity contribution >= 4 is 11.6 Å². The lowest BCUT2D eigenvalue weighted by molar-refractivity contribution is 0.395. The number of phenolic OH excluding ortho intramolecular Hbond substituents is 1. The van der Waals surface area contributed by atoms with Gasteiger partial charge in [-0.3, -0.25) is 0 Å². The summed E-state index contributed by atoms with van der Waals surface area (Å²) in [5, 5.41) is 8.63. The highest BCUT2D eigenvalue weighted by molar-refractivity contribution is 6.17. The van der Waals surface area contributed by atoms with Gasteiger partial charge in [0.25, 0.3) is 0 Å². The first-order valence-electron chi connectivity index (χ1n) is 2.88. The van der Waals surface area contributed by atoms with Crippen molar-refractivity contribution in [3.05, 3.63) is 29.3 Å². The number of hydrogen-bond donors (Lipinski definition) is 1. The largest absolute Gasteiger partial charge is 0.503 e. The van der Waals surface area contributed by atoms with Crippen LogP contribution in [0.4, 0.5) is 8.78 Å². The maximum absolute atomic E-state index is 12.5. The van der Waals surface area contributed by atoms with Crippen LogP contribution < -0.4 is 0 Å². The quantitative estimate of drug-likeness (QED) is 0.655. The van der Waals surface area contributed by atoms with Crippen LogP contribution in [0.15, 0.2) is 12.1 Å². The summed E-state index contributed by atoms with van der Waals surface area (Å²) in [6.45, 7) is 0. The van der Waals surface area contributed by atoms with Gasteiger partial charge in [-0.2, -0.15) is 0 Å². The van der Waals surface area contributed by atoms with E-state index in [0.29, 0.717) is 5.56 Å². The summed E-state index contributed by atoms with van der Waals surface area (Å²) in [4.78, 5) is 0. The molecule has 11 heavy (non-hydrogen) atoms. The molecule has 1 aromatic rings. The lowest BCUT2D eigenvalue weighted by Crippen LogP contribution is -1.86. The molecule has 0 atom stereocenters. The number of hydrogen-bond acceptors (Lipinski definition) is 1. The molecule has 1 nitrogen and oxygen atoms in total. The van der Waals surface area contributed by atoms with Crippen LogP contribution in [0.5, 0.6) is 5.75 Å². The summed E-state index contributed by atoms with van der Waals surface area (Å²) in [6, 6.07) is 1.98. The molecule has 0 heterocycles. The van der Waals surface area contributed by atoms with Gasteiger partial charge in [-0.05, 0) is 17.7 Å². The Bertz CT molecular complexity index is 252. The van der Waals surface area contributed by atoms with Crippen LogP contribution in [-0.4, -0.2) is 5.11 Å². The standard InChI is InChI=1S/C7H5ClF2O/c8-3-4-1-5(9)7(11)6(10)2-4/h1-2,11H,3H2. The molecule has 0 spiro atoms. The van der Waals surface area contributed by atoms with Gasteiger partial charge in [0.2, 0.25) is 0 Å². The highest BCUT2D eigenvalue weighted by Gasteiger charge is 2.08. The van der Waals surface area contributed by atoms with E-state index in [9.17, 15) is 8.78 Å². The van der Waals surface area contributed by atoms with Gasteiger partial charge in [-0.25, -0.2) is 8.78 Å². The van der Waals surface area contributed by atoms with Crippen molar-refractivity contribution in [2.45, 2.75) is 5.88 Å². The van der Waals surface area contributed by atoms with Crippen molar-refractivity contribution in [3.8, 4) is 5.75 Å². The van der Waals surface area contributed by atoms with E-state index < -0.39 is 17.4 Å². The smallest absolute Gasteiger partial charge is 0.187 e. The second-order valence-corrected chi connectivity index (χ2v) is 2.31. The second-order valence-electron chi connectivity index (χ2n) is 2.04. The van der Waals surface area contributed by atoms with E-state index in [1.54, 1.807) is 0 Å². The molecule has 1 N–H and O–H groups in total. The minimum absolute atomic E-state index is 0.0219. The highest BCUT2D eigenvalue weighted by atomic mass is 35.5. The van der Waals surface area contributed by atoms with Crippen molar-refractivity contribution in [1.82, 2.24) is 0 Å². The Morgan fingerprint density at radius 3 is 2.09 bits per heavy atom. The third-order valence-electron chi connectivity index (χ3n) is 1.23. The van der Waals surface area contributed by atoms with Gasteiger partial charge in [0, 0.05) is 5.88 Å². The highest BCUT2D eigenvalue weighted by Crippen LogP contribution is 2.21. The van der Waals surface area contributed by atoms with Crippen LogP contribution in [0.1, 0.15) is 5.56 Å². The predicted octanol–water partition coefficient (Wildman–Crippen LogP) is 2.41. The number of aromatic hydroxyl groups is 1. The van der Waals surface area contributed by atoms with Crippen molar-refractivity contribution in [2.24, 2.45) is 0 Å². The molecule has 60 valence electrons. The van der Waals surface area contributed by atoms with Crippen molar-refractivity contribution < 1.29 is 13.9 Å². The predicted molar refractivity (Wildman–Crippen MR) is 37.6 cm³/mol. The van der Waals surface area contributed by atoms with Gasteiger partial charge in [0.15, 0.2) is 17.4 Å². The topological polar surface area (TPSA) is 20.2 Å². The minimum atomic E-state index is -0.986. The number of rotatable bonds is 1. The molecule has 1 rings (SSSR count). The Hall–Kier alpha value is -0.830. The van der Waals surface area contributed by atoms with Crippen LogP contribution in [0.3, 0.4) is 0 Å². The van der Waals surface area contributed by atoms with E-state index >= 15 is 0 Å². The van der Waals surface area contributed by atoms with Gasteiger partial charge in [-0.15, -0.1) is 11.6 Å². The summed E-state index contributed by atoms with van der Waals surface area (Å²) in [7, 11) is 0. The molecule has 0 unspecified atom stereocenters. The number of phenols is 1. The Kier molecular flexibility index (Phi) is 2.29. The molecule has 1 aromatic carbocycles. The normalized spacial score (nSPS) is 10.1. The zero-order valence-electron chi connectivity index (χ0n) is 5.44. The zero-order chi connectivity index (χ0) is 8.43. The molecule has 0 aliphatic heterocycles. The molecule has 0 radical (unpaired) electrons. The lowest BCUT2D eigenvalue weighted by Gasteiger charge is -1.99. The molecule has 0 bridgehead atoms. The monoisotopic (exact) mass is 178 g/mol. The molecule has 0 fully saturated rings. The maximum Gasteiger partial charge on any atom is 0.187 e. The molecule has 0 aliphatic carbocycles. The van der Waals surface area contributed by atoms with Crippen molar-refractivity contribution in [1.29, 1.82) is 0 Å². The zero-order valence-corrected chi connectivity index (χ0v) is 6.20. The van der Waals surface area contributed by atoms with Crippen LogP contribution in [0.2, 0.25) is 0 Å². The average molecular weight is 179 g/mol. The summed E-state index contributed by atoms with van der Waals surface area (Å²) in [6.07, 6.45) is 0. The Labute approximate surface area is 67.2 Å². The summed E-state index contributed by atoms with van der Waals surface area (Å²) in [5.41, 5.74) is 0.305. The van der Waals surface area contributed by atoms with E-state index in [0.717, 1.165) is 12.1 Å². The van der Waals surface area contributed by atoms with Crippen LogP contribution >= 0.6 is 11.6 Å². The lowest BCUT2D eigenvalue weighted by atomic mass is 10.2. The number of alkyl halides is 1. The first-order chi connectivity index (χ1) is 5.15. The average Bonchev–Trinajstić information content (AvgIpc) is 1.99. The van der Waals surface area contributed by atoms with Crippen molar-refractivity contribution in [3.63, 3.8) is 0 Å². The molecule has 0 saturated heterocycles. The van der Waals surface area contributed by atoms with E-state index in [4.69, 9.17) is 16.7 Å². The third kappa shape index (κ3) is 1.60. The second kappa shape index (κ2) is 3.05. The van der Waals surface area contributed by atoms with Crippen LogP contribution in [-0.2, 0) is 5.88 Å². The van der Waals surface area contributed by atoms with E-state index in [1.165, 1.54) is 0 Å². The fourth-order valence-corrected chi connectivity index (χ4v) is 0.849. The van der Waals surface area contributed by atoms with Gasteiger partial charge in [-0.1, -0.05) is 0 Å². The molecule has 4 heteroatoms. The number of halogens is 3. The molecule has 0 amide bonds. The van der Waals surface area contributed by atoms with Gasteiger partial charge in [0.05, 0.1) is 0 Å². The third-order valence-corrected chi connectivity index (χ3v) is 1.54. The number of benzene rings is 1. The van der Waals surface area contributed by atoms with Gasteiger partial charge in [0.1, 0.15) is 0 Å². The Morgan fingerprint density at radius 2 is 1.73 bits per heavy atom. The SMILES string of the molecule is Oc1c(F)cc(CCl)cc1F. The minimum Gasteiger partial charge on any atom is -0.503 e. The molecule has 0 aliphatic rings. The summed E-state index contributed by atoms with van der Waals surface area (Å²) >= 11 is 5.31. The van der Waals surface area contributed by atoms with Crippen molar-refractivity contribution in [2.75, 3.05) is 0 Å². The first-order valence-corrected chi connectivity index (χ1v) is 3.41. The molecular weight excluding hydrogens is 174 g/mol. The molecule has 0 saturated carbocycles.